The van der Waals surface area contributed by atoms with E-state index < -0.39 is 0 Å². The van der Waals surface area contributed by atoms with Gasteiger partial charge in [-0.25, -0.2) is 0 Å². The summed E-state index contributed by atoms with van der Waals surface area (Å²) in [5.74, 6) is 1.62. The van der Waals surface area contributed by atoms with Crippen LogP contribution in [0.3, 0.4) is 0 Å². The number of aliphatic hydroxyl groups excluding tert-OH is 1. The fraction of sp³-hybridized carbons (Fsp3) is 0.875. The maximum absolute atomic E-state index is 9.68. The molecule has 0 aromatic carbocycles. The van der Waals surface area contributed by atoms with Gasteiger partial charge in [-0.05, 0) is 64.6 Å². The van der Waals surface area contributed by atoms with E-state index in [1.807, 2.05) is 0 Å². The van der Waals surface area contributed by atoms with Gasteiger partial charge in [0.25, 0.3) is 0 Å². The second-order valence-electron chi connectivity index (χ2n) is 6.18. The van der Waals surface area contributed by atoms with E-state index in [1.165, 1.54) is 32.2 Å². The largest absolute Gasteiger partial charge is 0.378 e. The van der Waals surface area contributed by atoms with Crippen molar-refractivity contribution in [2.24, 2.45) is 11.8 Å². The molecule has 0 aliphatic heterocycles. The molecule has 19 heavy (non-hydrogen) atoms. The summed E-state index contributed by atoms with van der Waals surface area (Å²) in [6.07, 6.45) is 11.2. The van der Waals surface area contributed by atoms with Crippen molar-refractivity contribution in [1.82, 2.24) is 10.2 Å². The number of nitrogens with zero attached hydrogens (tertiary/aromatic N) is 1. The van der Waals surface area contributed by atoms with Crippen molar-refractivity contribution >= 4 is 0 Å². The van der Waals surface area contributed by atoms with Gasteiger partial charge in [-0.2, -0.15) is 0 Å². The average molecular weight is 268 g/mol. The molecular weight excluding hydrogens is 236 g/mol. The molecule has 1 unspecified atom stereocenters. The Kier molecular flexibility index (Phi) is 8.35. The normalized spacial score (nSPS) is 26.2. The molecule has 0 aromatic rings. The van der Waals surface area contributed by atoms with Gasteiger partial charge >= 0.3 is 0 Å². The summed E-state index contributed by atoms with van der Waals surface area (Å²) in [7, 11) is 4.33. The minimum atomic E-state index is -0.374. The Bertz CT molecular complexity index is 245. The van der Waals surface area contributed by atoms with E-state index in [2.05, 4.69) is 43.4 Å². The highest BCUT2D eigenvalue weighted by Crippen LogP contribution is 2.29. The van der Waals surface area contributed by atoms with Crippen molar-refractivity contribution < 1.29 is 5.11 Å². The maximum Gasteiger partial charge on any atom is 0.108 e. The summed E-state index contributed by atoms with van der Waals surface area (Å²) in [4.78, 5) is 2.30. The van der Waals surface area contributed by atoms with Gasteiger partial charge < -0.3 is 10.0 Å². The van der Waals surface area contributed by atoms with Crippen LogP contribution >= 0.6 is 0 Å². The van der Waals surface area contributed by atoms with Crippen LogP contribution in [0.15, 0.2) is 12.2 Å². The van der Waals surface area contributed by atoms with Crippen LogP contribution in [0, 0.1) is 11.8 Å². The number of aliphatic hydroxyl groups is 1. The lowest BCUT2D eigenvalue weighted by atomic mass is 9.81. The summed E-state index contributed by atoms with van der Waals surface area (Å²) in [5, 5.41) is 12.8. The predicted octanol–water partition coefficient (Wildman–Crippen LogP) is 2.62. The molecule has 0 amide bonds. The van der Waals surface area contributed by atoms with Crippen molar-refractivity contribution in [2.75, 3.05) is 27.2 Å². The highest BCUT2D eigenvalue weighted by Gasteiger charge is 2.19. The molecule has 3 nitrogen and oxygen atoms in total. The number of nitrogens with one attached hydrogen (secondary N) is 1. The lowest BCUT2D eigenvalue weighted by Gasteiger charge is -2.28. The van der Waals surface area contributed by atoms with Crippen molar-refractivity contribution in [3.8, 4) is 0 Å². The third kappa shape index (κ3) is 7.71. The first-order valence-electron chi connectivity index (χ1n) is 7.84. The van der Waals surface area contributed by atoms with Crippen LogP contribution in [0.25, 0.3) is 0 Å². The minimum absolute atomic E-state index is 0.374. The Morgan fingerprint density at radius 1 is 1.26 bits per heavy atom. The summed E-state index contributed by atoms with van der Waals surface area (Å²) in [6.45, 7) is 4.24. The zero-order chi connectivity index (χ0) is 14.1. The first-order chi connectivity index (χ1) is 9.11. The molecule has 112 valence electrons. The van der Waals surface area contributed by atoms with Gasteiger partial charge in [-0.15, -0.1) is 0 Å². The fourth-order valence-corrected chi connectivity index (χ4v) is 2.87. The number of rotatable bonds is 8. The standard InChI is InChI=1S/C16H32N2O/c1-4-12-17-16(19)7-5-6-14-8-10-15(11-9-14)13-18(2)3/h5-6,14-17,19H,4,7-13H2,1-3H3/b6-5-. The summed E-state index contributed by atoms with van der Waals surface area (Å²) >= 11 is 0. The average Bonchev–Trinajstić information content (AvgIpc) is 2.38. The Morgan fingerprint density at radius 3 is 2.53 bits per heavy atom. The van der Waals surface area contributed by atoms with Crippen molar-refractivity contribution in [3.05, 3.63) is 12.2 Å². The van der Waals surface area contributed by atoms with Crippen molar-refractivity contribution in [1.29, 1.82) is 0 Å². The van der Waals surface area contributed by atoms with E-state index in [4.69, 9.17) is 0 Å². The molecule has 1 atom stereocenters. The van der Waals surface area contributed by atoms with Gasteiger partial charge in [0, 0.05) is 13.0 Å². The SMILES string of the molecule is CCCNC(O)C/C=C\C1CCC(CN(C)C)CC1. The van der Waals surface area contributed by atoms with E-state index in [0.29, 0.717) is 0 Å². The van der Waals surface area contributed by atoms with Gasteiger partial charge in [0.1, 0.15) is 6.23 Å². The van der Waals surface area contributed by atoms with Crippen LogP contribution in [0.5, 0.6) is 0 Å². The highest BCUT2D eigenvalue weighted by atomic mass is 16.3. The number of hydrogen-bond acceptors (Lipinski definition) is 3. The second-order valence-corrected chi connectivity index (χ2v) is 6.18. The van der Waals surface area contributed by atoms with E-state index >= 15 is 0 Å². The van der Waals surface area contributed by atoms with E-state index in [9.17, 15) is 5.11 Å². The van der Waals surface area contributed by atoms with E-state index in [0.717, 1.165) is 31.2 Å². The lowest BCUT2D eigenvalue weighted by Crippen LogP contribution is -2.28. The molecule has 1 aliphatic carbocycles. The molecule has 0 heterocycles. The molecule has 0 spiro atoms. The van der Waals surface area contributed by atoms with Crippen LogP contribution in [0.2, 0.25) is 0 Å². The zero-order valence-electron chi connectivity index (χ0n) is 12.9. The molecule has 1 saturated carbocycles. The monoisotopic (exact) mass is 268 g/mol. The topological polar surface area (TPSA) is 35.5 Å². The third-order valence-corrected chi connectivity index (χ3v) is 3.91. The summed E-state index contributed by atoms with van der Waals surface area (Å²) in [6, 6.07) is 0. The van der Waals surface area contributed by atoms with E-state index in [1.54, 1.807) is 0 Å². The Hall–Kier alpha value is -0.380. The Balaban J connectivity index is 2.14. The molecule has 1 rings (SSSR count). The zero-order valence-corrected chi connectivity index (χ0v) is 12.9. The maximum atomic E-state index is 9.68. The number of hydrogen-bond donors (Lipinski definition) is 2. The first kappa shape index (κ1) is 16.7. The molecule has 1 fully saturated rings. The molecule has 2 N–H and O–H groups in total. The molecule has 0 radical (unpaired) electrons. The molecule has 0 aromatic heterocycles. The predicted molar refractivity (Wildman–Crippen MR) is 82.1 cm³/mol. The lowest BCUT2D eigenvalue weighted by molar-refractivity contribution is 0.140. The summed E-state index contributed by atoms with van der Waals surface area (Å²) < 4.78 is 0. The van der Waals surface area contributed by atoms with Crippen LogP contribution in [0.1, 0.15) is 45.4 Å². The molecule has 0 saturated heterocycles. The highest BCUT2D eigenvalue weighted by molar-refractivity contribution is 4.92. The van der Waals surface area contributed by atoms with Crippen LogP contribution in [-0.4, -0.2) is 43.4 Å². The third-order valence-electron chi connectivity index (χ3n) is 3.91. The van der Waals surface area contributed by atoms with Crippen molar-refractivity contribution in [2.45, 2.75) is 51.7 Å². The van der Waals surface area contributed by atoms with E-state index in [-0.39, 0.29) is 6.23 Å². The van der Waals surface area contributed by atoms with Gasteiger partial charge in [0.05, 0.1) is 0 Å². The molecular formula is C16H32N2O. The Labute approximate surface area is 119 Å². The second kappa shape index (κ2) is 9.51. The van der Waals surface area contributed by atoms with Crippen molar-refractivity contribution in [3.63, 3.8) is 0 Å². The molecule has 0 bridgehead atoms. The van der Waals surface area contributed by atoms with Gasteiger partial charge in [-0.1, -0.05) is 19.1 Å². The fourth-order valence-electron chi connectivity index (χ4n) is 2.87. The minimum Gasteiger partial charge on any atom is -0.378 e. The summed E-state index contributed by atoms with van der Waals surface area (Å²) in [5.41, 5.74) is 0. The molecule has 3 heteroatoms. The number of allylic oxidation sites excluding steroid dienone is 1. The molecule has 1 aliphatic rings. The van der Waals surface area contributed by atoms with Crippen LogP contribution in [-0.2, 0) is 0 Å². The van der Waals surface area contributed by atoms with Crippen LogP contribution < -0.4 is 5.32 Å². The van der Waals surface area contributed by atoms with Crippen LogP contribution in [0.4, 0.5) is 0 Å². The quantitative estimate of drug-likeness (QED) is 0.525. The van der Waals surface area contributed by atoms with Gasteiger partial charge in [0.15, 0.2) is 0 Å². The van der Waals surface area contributed by atoms with Gasteiger partial charge in [0.2, 0.25) is 0 Å². The Morgan fingerprint density at radius 2 is 1.95 bits per heavy atom. The first-order valence-corrected chi connectivity index (χ1v) is 7.84. The van der Waals surface area contributed by atoms with Gasteiger partial charge in [-0.3, -0.25) is 5.32 Å². The smallest absolute Gasteiger partial charge is 0.108 e.